The molecule has 1 saturated heterocycles. The van der Waals surface area contributed by atoms with Crippen LogP contribution in [0.5, 0.6) is 0 Å². The van der Waals surface area contributed by atoms with Crippen LogP contribution in [0.3, 0.4) is 0 Å². The summed E-state index contributed by atoms with van der Waals surface area (Å²) in [6.45, 7) is 0. The number of hydrogen-bond acceptors (Lipinski definition) is 1. The first-order chi connectivity index (χ1) is 6.36. The fourth-order valence-electron chi connectivity index (χ4n) is 2.64. The number of alkyl halides is 1. The average molecular weight is 219 g/mol. The molecule has 2 aliphatic rings. The summed E-state index contributed by atoms with van der Waals surface area (Å²) in [5.74, 6) is 4.36. The first-order valence-corrected chi connectivity index (χ1v) is 7.17. The van der Waals surface area contributed by atoms with Crippen LogP contribution in [0.4, 0.5) is 0 Å². The molecule has 2 heteroatoms. The third kappa shape index (κ3) is 2.79. The molecule has 0 amide bonds. The second-order valence-electron chi connectivity index (χ2n) is 4.55. The van der Waals surface area contributed by atoms with Crippen molar-refractivity contribution < 1.29 is 0 Å². The van der Waals surface area contributed by atoms with E-state index in [1.165, 1.54) is 50.0 Å². The lowest BCUT2D eigenvalue weighted by atomic mass is 9.82. The van der Waals surface area contributed by atoms with Crippen LogP contribution in [-0.2, 0) is 0 Å². The lowest BCUT2D eigenvalue weighted by Crippen LogP contribution is -2.18. The summed E-state index contributed by atoms with van der Waals surface area (Å²) < 4.78 is 0. The first kappa shape index (κ1) is 10.2. The lowest BCUT2D eigenvalue weighted by molar-refractivity contribution is 0.300. The maximum absolute atomic E-state index is 6.28. The second-order valence-corrected chi connectivity index (χ2v) is 6.19. The van der Waals surface area contributed by atoms with E-state index in [9.17, 15) is 0 Å². The molecule has 2 unspecified atom stereocenters. The fourth-order valence-corrected chi connectivity index (χ4v) is 4.51. The molecular formula is C11H19ClS. The van der Waals surface area contributed by atoms with E-state index in [0.717, 1.165) is 11.8 Å². The molecule has 0 aromatic heterocycles. The van der Waals surface area contributed by atoms with Crippen LogP contribution in [0.1, 0.15) is 38.5 Å². The van der Waals surface area contributed by atoms with Crippen LogP contribution in [-0.4, -0.2) is 16.9 Å². The maximum atomic E-state index is 6.28. The molecule has 1 aliphatic carbocycles. The summed E-state index contributed by atoms with van der Waals surface area (Å²) in [5, 5.41) is 0.479. The highest BCUT2D eigenvalue weighted by molar-refractivity contribution is 7.99. The van der Waals surface area contributed by atoms with Gasteiger partial charge in [-0.3, -0.25) is 0 Å². The Morgan fingerprint density at radius 2 is 1.85 bits per heavy atom. The topological polar surface area (TPSA) is 0 Å². The smallest absolute Gasteiger partial charge is 0.0462 e. The van der Waals surface area contributed by atoms with Gasteiger partial charge in [-0.2, -0.15) is 11.8 Å². The molecule has 0 bridgehead atoms. The van der Waals surface area contributed by atoms with Crippen LogP contribution < -0.4 is 0 Å². The van der Waals surface area contributed by atoms with Gasteiger partial charge in [0.25, 0.3) is 0 Å². The van der Waals surface area contributed by atoms with Crippen molar-refractivity contribution in [1.82, 2.24) is 0 Å². The average Bonchev–Trinajstić information content (AvgIpc) is 2.54. The molecule has 1 aliphatic heterocycles. The highest BCUT2D eigenvalue weighted by Crippen LogP contribution is 2.37. The second kappa shape index (κ2) is 4.93. The third-order valence-electron chi connectivity index (χ3n) is 3.48. The van der Waals surface area contributed by atoms with E-state index in [0.29, 0.717) is 5.38 Å². The molecule has 0 aromatic rings. The van der Waals surface area contributed by atoms with Crippen molar-refractivity contribution in [2.45, 2.75) is 43.9 Å². The Balaban J connectivity index is 1.75. The Labute approximate surface area is 90.8 Å². The van der Waals surface area contributed by atoms with Crippen molar-refractivity contribution in [2.24, 2.45) is 11.8 Å². The molecule has 76 valence electrons. The summed E-state index contributed by atoms with van der Waals surface area (Å²) >= 11 is 8.32. The summed E-state index contributed by atoms with van der Waals surface area (Å²) in [7, 11) is 0. The van der Waals surface area contributed by atoms with Crippen LogP contribution in [0.25, 0.3) is 0 Å². The Kier molecular flexibility index (Phi) is 3.86. The fraction of sp³-hybridized carbons (Fsp3) is 1.00. The van der Waals surface area contributed by atoms with Gasteiger partial charge < -0.3 is 0 Å². The number of hydrogen-bond donors (Lipinski definition) is 0. The van der Waals surface area contributed by atoms with Crippen LogP contribution >= 0.6 is 23.4 Å². The zero-order valence-electron chi connectivity index (χ0n) is 8.18. The van der Waals surface area contributed by atoms with E-state index < -0.39 is 0 Å². The van der Waals surface area contributed by atoms with E-state index in [-0.39, 0.29) is 0 Å². The molecule has 1 heterocycles. The number of rotatable bonds is 2. The van der Waals surface area contributed by atoms with Crippen molar-refractivity contribution in [3.05, 3.63) is 0 Å². The van der Waals surface area contributed by atoms with Crippen LogP contribution in [0.2, 0.25) is 0 Å². The Morgan fingerprint density at radius 3 is 2.46 bits per heavy atom. The van der Waals surface area contributed by atoms with Gasteiger partial charge >= 0.3 is 0 Å². The van der Waals surface area contributed by atoms with Crippen LogP contribution in [0, 0.1) is 11.8 Å². The van der Waals surface area contributed by atoms with Gasteiger partial charge in [-0.05, 0) is 24.0 Å². The number of thioether (sulfide) groups is 1. The molecule has 2 atom stereocenters. The van der Waals surface area contributed by atoms with E-state index in [1.807, 2.05) is 11.8 Å². The summed E-state index contributed by atoms with van der Waals surface area (Å²) in [4.78, 5) is 0. The lowest BCUT2D eigenvalue weighted by Gasteiger charge is -2.25. The monoisotopic (exact) mass is 218 g/mol. The zero-order valence-corrected chi connectivity index (χ0v) is 9.75. The van der Waals surface area contributed by atoms with Gasteiger partial charge in [0.2, 0.25) is 0 Å². The standard InChI is InChI=1S/C11H19ClS/c12-11-8-13-7-10(11)6-9-4-2-1-3-5-9/h9-11H,1-8H2. The molecule has 0 nitrogen and oxygen atoms in total. The SMILES string of the molecule is ClC1CSCC1CC1CCCCC1. The Bertz CT molecular complexity index is 154. The normalized spacial score (nSPS) is 36.7. The molecule has 13 heavy (non-hydrogen) atoms. The van der Waals surface area contributed by atoms with Gasteiger partial charge in [0.1, 0.15) is 0 Å². The molecular weight excluding hydrogens is 200 g/mol. The van der Waals surface area contributed by atoms with Crippen molar-refractivity contribution in [2.75, 3.05) is 11.5 Å². The van der Waals surface area contributed by atoms with Crippen molar-refractivity contribution >= 4 is 23.4 Å². The van der Waals surface area contributed by atoms with Gasteiger partial charge in [-0.25, -0.2) is 0 Å². The predicted molar refractivity (Wildman–Crippen MR) is 61.6 cm³/mol. The minimum Gasteiger partial charge on any atom is -0.160 e. The number of halogens is 1. The van der Waals surface area contributed by atoms with E-state index in [2.05, 4.69) is 0 Å². The molecule has 0 aromatic carbocycles. The summed E-state index contributed by atoms with van der Waals surface area (Å²) in [6.07, 6.45) is 8.78. The Hall–Kier alpha value is 0.640. The van der Waals surface area contributed by atoms with Crippen molar-refractivity contribution in [3.8, 4) is 0 Å². The van der Waals surface area contributed by atoms with Gasteiger partial charge in [-0.1, -0.05) is 32.1 Å². The van der Waals surface area contributed by atoms with Crippen LogP contribution in [0.15, 0.2) is 0 Å². The molecule has 0 spiro atoms. The van der Waals surface area contributed by atoms with Gasteiger partial charge in [0.05, 0.1) is 0 Å². The van der Waals surface area contributed by atoms with Gasteiger partial charge in [0.15, 0.2) is 0 Å². The van der Waals surface area contributed by atoms with Gasteiger partial charge in [-0.15, -0.1) is 11.6 Å². The Morgan fingerprint density at radius 1 is 1.08 bits per heavy atom. The molecule has 1 saturated carbocycles. The first-order valence-electron chi connectivity index (χ1n) is 5.58. The summed E-state index contributed by atoms with van der Waals surface area (Å²) in [5.41, 5.74) is 0. The minimum atomic E-state index is 0.479. The van der Waals surface area contributed by atoms with E-state index in [1.54, 1.807) is 0 Å². The predicted octanol–water partition coefficient (Wildman–Crippen LogP) is 3.93. The van der Waals surface area contributed by atoms with Crippen molar-refractivity contribution in [1.29, 1.82) is 0 Å². The zero-order chi connectivity index (χ0) is 9.10. The molecule has 2 rings (SSSR count). The highest BCUT2D eigenvalue weighted by atomic mass is 35.5. The molecule has 2 fully saturated rings. The highest BCUT2D eigenvalue weighted by Gasteiger charge is 2.28. The third-order valence-corrected chi connectivity index (χ3v) is 5.43. The maximum Gasteiger partial charge on any atom is 0.0462 e. The summed E-state index contributed by atoms with van der Waals surface area (Å²) in [6, 6.07) is 0. The van der Waals surface area contributed by atoms with Gasteiger partial charge in [0, 0.05) is 11.1 Å². The largest absolute Gasteiger partial charge is 0.160 e. The van der Waals surface area contributed by atoms with Crippen molar-refractivity contribution in [3.63, 3.8) is 0 Å². The quantitative estimate of drug-likeness (QED) is 0.633. The molecule has 0 N–H and O–H groups in total. The molecule has 0 radical (unpaired) electrons. The van der Waals surface area contributed by atoms with E-state index in [4.69, 9.17) is 11.6 Å². The minimum absolute atomic E-state index is 0.479. The van der Waals surface area contributed by atoms with E-state index >= 15 is 0 Å².